The summed E-state index contributed by atoms with van der Waals surface area (Å²) in [4.78, 5) is 35.9. The Morgan fingerprint density at radius 2 is 0.600 bits per heavy atom. The van der Waals surface area contributed by atoms with Crippen molar-refractivity contribution in [3.05, 3.63) is 158 Å². The van der Waals surface area contributed by atoms with Crippen molar-refractivity contribution in [2.24, 2.45) is 0 Å². The number of nitrogens with zero attached hydrogens (tertiary/aromatic N) is 1. The number of quaternary nitrogens is 1. The fraction of sp³-hybridized carbons (Fsp3) is 0.650. The molecule has 0 fully saturated rings. The van der Waals surface area contributed by atoms with E-state index in [9.17, 15) is 19.0 Å². The van der Waals surface area contributed by atoms with E-state index in [0.717, 1.165) is 122 Å². The van der Waals surface area contributed by atoms with Crippen molar-refractivity contribution in [3.63, 3.8) is 0 Å². The van der Waals surface area contributed by atoms with Crippen LogP contribution in [0.4, 0.5) is 0 Å². The van der Waals surface area contributed by atoms with Gasteiger partial charge in [0.2, 0.25) is 0 Å². The molecule has 0 radical (unpaired) electrons. The predicted octanol–water partition coefficient (Wildman–Crippen LogP) is 23.9. The van der Waals surface area contributed by atoms with E-state index in [1.54, 1.807) is 0 Å². The average molecular weight is 1270 g/mol. The molecule has 2 atom stereocenters. The minimum absolute atomic E-state index is 0.0180. The molecule has 0 aliphatic rings. The Morgan fingerprint density at radius 3 is 0.900 bits per heavy atom. The van der Waals surface area contributed by atoms with Gasteiger partial charge in [-0.15, -0.1) is 0 Å². The summed E-state index contributed by atoms with van der Waals surface area (Å²) in [5, 5.41) is 0. The molecule has 0 spiro atoms. The fourth-order valence-corrected chi connectivity index (χ4v) is 10.3. The number of carbonyl (C=O) groups excluding carboxylic acids is 2. The summed E-state index contributed by atoms with van der Waals surface area (Å²) in [6, 6.07) is 0. The molecule has 90 heavy (non-hydrogen) atoms. The van der Waals surface area contributed by atoms with Gasteiger partial charge in [0.05, 0.1) is 27.7 Å². The largest absolute Gasteiger partial charge is 0.472 e. The Labute approximate surface area is 554 Å². The third-order valence-corrected chi connectivity index (χ3v) is 16.0. The van der Waals surface area contributed by atoms with E-state index < -0.39 is 26.5 Å². The van der Waals surface area contributed by atoms with Gasteiger partial charge in [0, 0.05) is 12.8 Å². The number of ether oxygens (including phenoxy) is 2. The van der Waals surface area contributed by atoms with Crippen molar-refractivity contribution in [2.45, 2.75) is 290 Å². The van der Waals surface area contributed by atoms with Gasteiger partial charge in [-0.2, -0.15) is 0 Å². The molecule has 1 N–H and O–H groups in total. The van der Waals surface area contributed by atoms with Crippen LogP contribution in [0.2, 0.25) is 0 Å². The number of rotatable bonds is 65. The normalized spacial score (nSPS) is 14.1. The fourth-order valence-electron chi connectivity index (χ4n) is 9.59. The summed E-state index contributed by atoms with van der Waals surface area (Å²) < 4.78 is 34.7. The lowest BCUT2D eigenvalue weighted by molar-refractivity contribution is -0.870. The zero-order valence-corrected chi connectivity index (χ0v) is 59.2. The standard InChI is InChI=1S/C80H134NO8P/c1-6-8-10-12-14-16-18-20-22-24-26-28-30-32-34-36-38-39-40-41-43-44-46-48-50-52-54-56-58-60-62-64-66-68-70-72-79(82)86-76-78(77-88-90(84,85)87-75-74-81(3,4)5)89-80(83)73-71-69-67-65-63-61-59-57-55-53-51-49-47-45-42-37-35-33-31-29-27-25-23-21-19-17-15-13-11-9-7-2/h8-11,14-17,20-23,26-29,33,35,42,45,49,51,55,57,61,63,78H,6-7,12-13,18-19,24-25,30-32,34,36-41,43-44,46-48,50,52-54,56,58-60,62,64-77H2,1-5H3/p+1/b10-8-,11-9-,16-14-,17-15-,22-20-,23-21-,28-26-,29-27-,35-33-,45-42-,51-49-,57-55-,63-61-. The number of hydrogen-bond acceptors (Lipinski definition) is 7. The molecule has 0 saturated heterocycles. The Bertz CT molecular complexity index is 2080. The van der Waals surface area contributed by atoms with Crippen molar-refractivity contribution in [2.75, 3.05) is 47.5 Å². The average Bonchev–Trinajstić information content (AvgIpc) is 3.58. The molecule has 0 bridgehead atoms. The van der Waals surface area contributed by atoms with Crippen LogP contribution in [0.25, 0.3) is 0 Å². The highest BCUT2D eigenvalue weighted by molar-refractivity contribution is 7.47. The Balaban J connectivity index is 4.10. The third kappa shape index (κ3) is 72.7. The van der Waals surface area contributed by atoms with Crippen LogP contribution < -0.4 is 0 Å². The quantitative estimate of drug-likeness (QED) is 0.0211. The van der Waals surface area contributed by atoms with Gasteiger partial charge >= 0.3 is 19.8 Å². The highest BCUT2D eigenvalue weighted by Gasteiger charge is 2.27. The molecule has 2 unspecified atom stereocenters. The Morgan fingerprint density at radius 1 is 0.344 bits per heavy atom. The monoisotopic (exact) mass is 1270 g/mol. The second kappa shape index (κ2) is 69.0. The number of allylic oxidation sites excluding steroid dienone is 26. The first-order valence-electron chi connectivity index (χ1n) is 36.2. The summed E-state index contributed by atoms with van der Waals surface area (Å²) in [5.41, 5.74) is 0. The van der Waals surface area contributed by atoms with Gasteiger partial charge in [0.1, 0.15) is 19.8 Å². The van der Waals surface area contributed by atoms with Gasteiger partial charge in [0.25, 0.3) is 0 Å². The van der Waals surface area contributed by atoms with E-state index in [4.69, 9.17) is 18.5 Å². The molecule has 0 aromatic heterocycles. The number of phosphoric acid groups is 1. The number of esters is 2. The van der Waals surface area contributed by atoms with Crippen LogP contribution in [0, 0.1) is 0 Å². The summed E-state index contributed by atoms with van der Waals surface area (Å²) >= 11 is 0. The molecule has 0 aliphatic heterocycles. The number of carbonyl (C=O) groups is 2. The lowest BCUT2D eigenvalue weighted by Crippen LogP contribution is -2.37. The minimum Gasteiger partial charge on any atom is -0.462 e. The maximum absolute atomic E-state index is 12.9. The molecule has 0 rings (SSSR count). The van der Waals surface area contributed by atoms with E-state index in [-0.39, 0.29) is 32.0 Å². The first-order chi connectivity index (χ1) is 44.0. The van der Waals surface area contributed by atoms with Crippen LogP contribution in [0.5, 0.6) is 0 Å². The zero-order valence-electron chi connectivity index (χ0n) is 58.3. The first-order valence-corrected chi connectivity index (χ1v) is 37.7. The number of hydrogen-bond donors (Lipinski definition) is 1. The second-order valence-corrected chi connectivity index (χ2v) is 26.3. The van der Waals surface area contributed by atoms with E-state index in [2.05, 4.69) is 172 Å². The van der Waals surface area contributed by atoms with Crippen LogP contribution in [-0.2, 0) is 32.7 Å². The molecule has 0 heterocycles. The topological polar surface area (TPSA) is 108 Å². The molecule has 512 valence electrons. The number of phosphoric ester groups is 1. The van der Waals surface area contributed by atoms with E-state index in [1.807, 2.05) is 21.1 Å². The molecule has 0 aromatic carbocycles. The highest BCUT2D eigenvalue weighted by Crippen LogP contribution is 2.43. The first kappa shape index (κ1) is 85.6. The lowest BCUT2D eigenvalue weighted by Gasteiger charge is -2.24. The van der Waals surface area contributed by atoms with E-state index in [0.29, 0.717) is 17.4 Å². The maximum Gasteiger partial charge on any atom is 0.472 e. The molecule has 0 aromatic rings. The summed E-state index contributed by atoms with van der Waals surface area (Å²) in [5.74, 6) is -0.837. The summed E-state index contributed by atoms with van der Waals surface area (Å²) in [6.07, 6.45) is 104. The number of unbranched alkanes of at least 4 members (excludes halogenated alkanes) is 25. The van der Waals surface area contributed by atoms with Crippen molar-refractivity contribution in [3.8, 4) is 0 Å². The van der Waals surface area contributed by atoms with Crippen molar-refractivity contribution >= 4 is 19.8 Å². The van der Waals surface area contributed by atoms with E-state index in [1.165, 1.54) is 128 Å². The van der Waals surface area contributed by atoms with Crippen LogP contribution in [0.1, 0.15) is 284 Å². The van der Waals surface area contributed by atoms with Gasteiger partial charge in [-0.1, -0.05) is 307 Å². The Kier molecular flexibility index (Phi) is 65.6. The molecular weight excluding hydrogens is 1130 g/mol. The molecular formula is C80H135NO8P+. The molecule has 9 nitrogen and oxygen atoms in total. The van der Waals surface area contributed by atoms with Gasteiger partial charge in [-0.05, 0) is 122 Å². The zero-order chi connectivity index (χ0) is 65.5. The van der Waals surface area contributed by atoms with Crippen molar-refractivity contribution in [1.29, 1.82) is 0 Å². The number of likely N-dealkylation sites (N-methyl/N-ethyl adjacent to an activating group) is 1. The summed E-state index contributed by atoms with van der Waals surface area (Å²) in [7, 11) is 1.44. The van der Waals surface area contributed by atoms with E-state index >= 15 is 0 Å². The molecule has 0 amide bonds. The molecule has 0 aliphatic carbocycles. The summed E-state index contributed by atoms with van der Waals surface area (Å²) in [6.45, 7) is 4.17. The third-order valence-electron chi connectivity index (χ3n) is 15.1. The van der Waals surface area contributed by atoms with Gasteiger partial charge in [-0.25, -0.2) is 4.57 Å². The lowest BCUT2D eigenvalue weighted by atomic mass is 10.0. The van der Waals surface area contributed by atoms with Crippen molar-refractivity contribution in [1.82, 2.24) is 0 Å². The van der Waals surface area contributed by atoms with Crippen LogP contribution in [-0.4, -0.2) is 74.9 Å². The smallest absolute Gasteiger partial charge is 0.462 e. The van der Waals surface area contributed by atoms with Crippen molar-refractivity contribution < 1.29 is 42.1 Å². The second-order valence-electron chi connectivity index (χ2n) is 24.9. The van der Waals surface area contributed by atoms with Gasteiger partial charge in [0.15, 0.2) is 6.10 Å². The molecule has 0 saturated carbocycles. The van der Waals surface area contributed by atoms with Gasteiger partial charge in [-0.3, -0.25) is 18.6 Å². The Hall–Kier alpha value is -4.37. The SMILES string of the molecule is CC/C=C\C/C=C\C/C=C\C/C=C\C/C=C\C/C=C\C/C=C\C/C=C\C/C=C\CCCCCC(=O)OC(COC(=O)CCCCCCCCCCCCCCCCCCCCCCCC/C=C\C/C=C\C/C=C\C/C=C\CC)COP(=O)(O)OCC[N+](C)(C)C. The van der Waals surface area contributed by atoms with Gasteiger partial charge < -0.3 is 18.9 Å². The molecule has 10 heteroatoms. The maximum atomic E-state index is 12.9. The minimum atomic E-state index is -4.41. The van der Waals surface area contributed by atoms with Crippen LogP contribution in [0.15, 0.2) is 158 Å². The highest BCUT2D eigenvalue weighted by atomic mass is 31.2. The van der Waals surface area contributed by atoms with Crippen LogP contribution in [0.3, 0.4) is 0 Å². The predicted molar refractivity (Wildman–Crippen MR) is 390 cm³/mol. The van der Waals surface area contributed by atoms with Crippen LogP contribution >= 0.6 is 7.82 Å².